The third kappa shape index (κ3) is 6.82. The quantitative estimate of drug-likeness (QED) is 0.163. The van der Waals surface area contributed by atoms with Crippen LogP contribution >= 0.6 is 22.6 Å². The van der Waals surface area contributed by atoms with Gasteiger partial charge in [0.15, 0.2) is 0 Å². The maximum atomic E-state index is 13.4. The van der Waals surface area contributed by atoms with Crippen LogP contribution in [0.4, 0.5) is 11.9 Å². The lowest BCUT2D eigenvalue weighted by molar-refractivity contribution is 0.726. The van der Waals surface area contributed by atoms with Gasteiger partial charge in [0.2, 0.25) is 23.5 Å². The molecular formula is C43H43IN10O2. The van der Waals surface area contributed by atoms with Crippen LogP contribution in [0.25, 0.3) is 33.4 Å². The first kappa shape index (κ1) is 36.1. The first-order valence-electron chi connectivity index (χ1n) is 19.5. The minimum Gasteiger partial charge on any atom is -0.341 e. The molecule has 0 amide bonds. The predicted octanol–water partition coefficient (Wildman–Crippen LogP) is 7.08. The molecule has 13 heteroatoms. The van der Waals surface area contributed by atoms with Crippen LogP contribution in [0.3, 0.4) is 0 Å². The van der Waals surface area contributed by atoms with Gasteiger partial charge in [-0.25, -0.2) is 8.80 Å². The van der Waals surface area contributed by atoms with Gasteiger partial charge in [0, 0.05) is 29.7 Å². The van der Waals surface area contributed by atoms with Gasteiger partial charge in [0.1, 0.15) is 0 Å². The first-order valence-corrected chi connectivity index (χ1v) is 20.6. The number of fused-ring (bicyclic) bond motifs is 6. The van der Waals surface area contributed by atoms with Gasteiger partial charge in [-0.15, -0.1) is 20.4 Å². The second-order valence-corrected chi connectivity index (χ2v) is 16.0. The molecule has 0 saturated carbocycles. The van der Waals surface area contributed by atoms with Crippen LogP contribution in [0.1, 0.15) is 55.2 Å². The molecule has 2 saturated heterocycles. The Balaban J connectivity index is 0.000000147. The fourth-order valence-electron chi connectivity index (χ4n) is 8.09. The Labute approximate surface area is 337 Å². The van der Waals surface area contributed by atoms with E-state index in [0.717, 1.165) is 95.1 Å². The second-order valence-electron chi connectivity index (χ2n) is 14.8. The lowest BCUT2D eigenvalue weighted by Gasteiger charge is -2.21. The summed E-state index contributed by atoms with van der Waals surface area (Å²) in [6.07, 6.45) is 7.16. The van der Waals surface area contributed by atoms with E-state index in [1.807, 2.05) is 102 Å². The zero-order valence-electron chi connectivity index (χ0n) is 31.4. The Bertz CT molecular complexity index is 2800. The van der Waals surface area contributed by atoms with Crippen LogP contribution in [0.15, 0.2) is 107 Å². The molecule has 0 unspecified atom stereocenters. The van der Waals surface area contributed by atoms with E-state index in [-0.39, 0.29) is 11.1 Å². The minimum absolute atomic E-state index is 0.0186. The molecule has 2 fully saturated rings. The molecule has 2 aliphatic heterocycles. The Morgan fingerprint density at radius 2 is 0.982 bits per heavy atom. The van der Waals surface area contributed by atoms with Crippen molar-refractivity contribution in [2.75, 3.05) is 36.0 Å². The molecule has 0 spiro atoms. The van der Waals surface area contributed by atoms with E-state index in [0.29, 0.717) is 35.4 Å². The lowest BCUT2D eigenvalue weighted by Crippen LogP contribution is -2.28. The normalized spacial score (nSPS) is 14.8. The Morgan fingerprint density at radius 1 is 0.536 bits per heavy atom. The van der Waals surface area contributed by atoms with Crippen LogP contribution in [-0.2, 0) is 13.1 Å². The van der Waals surface area contributed by atoms with Crippen LogP contribution in [-0.4, -0.2) is 64.5 Å². The number of aromatic nitrogens is 8. The Hall–Kier alpha value is -5.57. The Morgan fingerprint density at radius 3 is 1.48 bits per heavy atom. The molecular weight excluding hydrogens is 815 g/mol. The molecule has 0 aliphatic carbocycles. The number of rotatable bonds is 6. The van der Waals surface area contributed by atoms with Gasteiger partial charge in [-0.2, -0.15) is 0 Å². The number of hydrogen-bond acceptors (Lipinski definition) is 8. The zero-order chi connectivity index (χ0) is 38.2. The average molecular weight is 859 g/mol. The van der Waals surface area contributed by atoms with Crippen LogP contribution in [0.2, 0.25) is 0 Å². The number of benzene rings is 4. The van der Waals surface area contributed by atoms with E-state index in [4.69, 9.17) is 0 Å². The molecule has 8 aromatic rings. The molecule has 0 radical (unpaired) electrons. The third-order valence-electron chi connectivity index (χ3n) is 10.9. The molecule has 284 valence electrons. The van der Waals surface area contributed by atoms with Crippen molar-refractivity contribution >= 4 is 67.8 Å². The molecule has 4 aromatic carbocycles. The van der Waals surface area contributed by atoms with Crippen LogP contribution in [0, 0.1) is 10.5 Å². The van der Waals surface area contributed by atoms with Crippen molar-refractivity contribution in [3.63, 3.8) is 0 Å². The smallest absolute Gasteiger partial charge is 0.263 e. The van der Waals surface area contributed by atoms with Crippen LogP contribution < -0.4 is 20.9 Å². The minimum atomic E-state index is -0.0276. The highest BCUT2D eigenvalue weighted by molar-refractivity contribution is 14.1. The molecule has 56 heavy (non-hydrogen) atoms. The number of aryl methyl sites for hydroxylation is 1. The van der Waals surface area contributed by atoms with Crippen LogP contribution in [0.5, 0.6) is 0 Å². The lowest BCUT2D eigenvalue weighted by atomic mass is 10.1. The van der Waals surface area contributed by atoms with Gasteiger partial charge in [0.25, 0.3) is 11.1 Å². The highest BCUT2D eigenvalue weighted by atomic mass is 127. The fraction of sp³-hybridized carbons (Fsp3) is 0.302. The average Bonchev–Trinajstić information content (AvgIpc) is 3.97. The van der Waals surface area contributed by atoms with Crippen molar-refractivity contribution in [1.29, 1.82) is 0 Å². The van der Waals surface area contributed by atoms with Gasteiger partial charge in [-0.05, 0) is 96.7 Å². The highest BCUT2D eigenvalue weighted by Crippen LogP contribution is 2.26. The zero-order valence-corrected chi connectivity index (χ0v) is 33.5. The molecule has 0 N–H and O–H groups in total. The van der Waals surface area contributed by atoms with Crippen molar-refractivity contribution in [2.24, 2.45) is 0 Å². The van der Waals surface area contributed by atoms with Gasteiger partial charge >= 0.3 is 0 Å². The summed E-state index contributed by atoms with van der Waals surface area (Å²) in [5, 5.41) is 19.4. The fourth-order valence-corrected chi connectivity index (χ4v) is 8.59. The topological polar surface area (TPSA) is 111 Å². The van der Waals surface area contributed by atoms with Gasteiger partial charge < -0.3 is 9.80 Å². The van der Waals surface area contributed by atoms with Crippen molar-refractivity contribution in [1.82, 2.24) is 38.3 Å². The molecule has 0 bridgehead atoms. The molecule has 2 aliphatic rings. The predicted molar refractivity (Wildman–Crippen MR) is 230 cm³/mol. The summed E-state index contributed by atoms with van der Waals surface area (Å²) in [4.78, 5) is 31.3. The van der Waals surface area contributed by atoms with E-state index in [1.54, 1.807) is 9.13 Å². The number of hydrogen-bond donors (Lipinski definition) is 0. The summed E-state index contributed by atoms with van der Waals surface area (Å²) in [6, 6.07) is 32.1. The summed E-state index contributed by atoms with van der Waals surface area (Å²) < 4.78 is 8.65. The monoisotopic (exact) mass is 858 g/mol. The van der Waals surface area contributed by atoms with Crippen molar-refractivity contribution in [3.8, 4) is 0 Å². The van der Waals surface area contributed by atoms with Crippen molar-refractivity contribution in [2.45, 2.75) is 58.5 Å². The van der Waals surface area contributed by atoms with E-state index in [9.17, 15) is 9.59 Å². The van der Waals surface area contributed by atoms with Crippen molar-refractivity contribution < 1.29 is 0 Å². The van der Waals surface area contributed by atoms with E-state index < -0.39 is 0 Å². The largest absolute Gasteiger partial charge is 0.341 e. The number of anilines is 2. The summed E-state index contributed by atoms with van der Waals surface area (Å²) in [5.74, 6) is 2.88. The van der Waals surface area contributed by atoms with Gasteiger partial charge in [-0.3, -0.25) is 18.7 Å². The molecule has 4 aromatic heterocycles. The SMILES string of the molecule is Cc1ccc2c(c1)c(=O)n(Cc1ccccc1)c1nnc(N3CCCCCC3)n21.O=c1c2cc(I)ccc2n2c(N3CCCC3)nnc2n1Cc1ccccc1. The molecule has 0 atom stereocenters. The summed E-state index contributed by atoms with van der Waals surface area (Å²) in [7, 11) is 0. The molecule has 12 nitrogen and oxygen atoms in total. The summed E-state index contributed by atoms with van der Waals surface area (Å²) >= 11 is 2.25. The maximum absolute atomic E-state index is 13.4. The standard InChI is InChI=1S/C23H25N5O.C20H18IN5O/c1-17-11-12-20-19(15-17)21(29)27(16-18-9-5-4-6-10-18)23-25-24-22(28(20)23)26-13-7-2-3-8-14-26;21-15-8-9-17-16(12-15)18(27)25(13-14-6-2-1-3-7-14)20-23-22-19(26(17)20)24-10-4-5-11-24/h4-6,9-12,15H,2-3,7-8,13-14,16H2,1H3;1-3,6-9,12H,4-5,10-11,13H2. The van der Waals surface area contributed by atoms with E-state index in [1.165, 1.54) is 12.8 Å². The summed E-state index contributed by atoms with van der Waals surface area (Å²) in [5.41, 5.74) is 4.91. The molecule has 10 rings (SSSR count). The van der Waals surface area contributed by atoms with Crippen molar-refractivity contribution in [3.05, 3.63) is 138 Å². The third-order valence-corrected chi connectivity index (χ3v) is 11.6. The van der Waals surface area contributed by atoms with E-state index >= 15 is 0 Å². The first-order chi connectivity index (χ1) is 27.4. The van der Waals surface area contributed by atoms with Gasteiger partial charge in [-0.1, -0.05) is 85.1 Å². The molecule has 6 heterocycles. The second kappa shape index (κ2) is 15.5. The number of nitrogens with zero attached hydrogens (tertiary/aromatic N) is 10. The number of halogens is 1. The van der Waals surface area contributed by atoms with E-state index in [2.05, 4.69) is 63.3 Å². The Kier molecular flexibility index (Phi) is 10.0. The highest BCUT2D eigenvalue weighted by Gasteiger charge is 2.24. The van der Waals surface area contributed by atoms with Gasteiger partial charge in [0.05, 0.1) is 34.9 Å². The maximum Gasteiger partial charge on any atom is 0.263 e. The summed E-state index contributed by atoms with van der Waals surface area (Å²) in [6.45, 7) is 6.88.